The molecule has 0 aliphatic carbocycles. The number of methoxy groups -OCH3 is 1. The monoisotopic (exact) mass is 484 g/mol. The average molecular weight is 485 g/mol. The summed E-state index contributed by atoms with van der Waals surface area (Å²) in [5.41, 5.74) is 3.59. The van der Waals surface area contributed by atoms with E-state index in [4.69, 9.17) is 14.0 Å². The van der Waals surface area contributed by atoms with Crippen molar-refractivity contribution in [2.24, 2.45) is 0 Å². The zero-order valence-corrected chi connectivity index (χ0v) is 20.4. The summed E-state index contributed by atoms with van der Waals surface area (Å²) in [5, 5.41) is 4.05. The molecule has 8 heteroatoms. The third-order valence-corrected chi connectivity index (χ3v) is 6.24. The molecular formula is C28H28N4O4. The number of carbonyl (C=O) groups excluding carboxylic acids is 1. The molecule has 1 aliphatic rings. The van der Waals surface area contributed by atoms with E-state index in [1.165, 1.54) is 0 Å². The summed E-state index contributed by atoms with van der Waals surface area (Å²) < 4.78 is 16.8. The molecule has 0 N–H and O–H groups in total. The maximum atomic E-state index is 13.4. The molecule has 1 fully saturated rings. The van der Waals surface area contributed by atoms with Crippen LogP contribution in [0.2, 0.25) is 0 Å². The van der Waals surface area contributed by atoms with Crippen LogP contribution in [0.5, 0.6) is 11.5 Å². The lowest BCUT2D eigenvalue weighted by molar-refractivity contribution is 0.0741. The summed E-state index contributed by atoms with van der Waals surface area (Å²) in [4.78, 5) is 21.9. The number of nitrogens with zero attached hydrogens (tertiary/aromatic N) is 4. The molecule has 0 atom stereocenters. The fraction of sp³-hybridized carbons (Fsp3) is 0.250. The van der Waals surface area contributed by atoms with E-state index in [0.29, 0.717) is 36.1 Å². The van der Waals surface area contributed by atoms with Crippen LogP contribution in [0.25, 0.3) is 11.4 Å². The summed E-state index contributed by atoms with van der Waals surface area (Å²) in [7, 11) is 1.67. The first-order valence-corrected chi connectivity index (χ1v) is 11.9. The van der Waals surface area contributed by atoms with Crippen LogP contribution in [0.3, 0.4) is 0 Å². The molecule has 36 heavy (non-hydrogen) atoms. The van der Waals surface area contributed by atoms with Gasteiger partial charge in [0.15, 0.2) is 6.61 Å². The summed E-state index contributed by atoms with van der Waals surface area (Å²) >= 11 is 0. The van der Waals surface area contributed by atoms with Gasteiger partial charge in [0.1, 0.15) is 11.5 Å². The van der Waals surface area contributed by atoms with E-state index in [9.17, 15) is 4.79 Å². The molecule has 1 amide bonds. The minimum Gasteiger partial charge on any atom is -0.495 e. The van der Waals surface area contributed by atoms with Crippen molar-refractivity contribution in [1.29, 1.82) is 0 Å². The number of hydrogen-bond acceptors (Lipinski definition) is 7. The highest BCUT2D eigenvalue weighted by Crippen LogP contribution is 2.29. The SMILES string of the molecule is COc1ccccc1N1CCN(C(=O)c2ccccc2OCc2nc(-c3ccc(C)cc3)no2)CC1. The van der Waals surface area contributed by atoms with E-state index >= 15 is 0 Å². The number of amides is 1. The fourth-order valence-electron chi connectivity index (χ4n) is 4.25. The molecule has 0 bridgehead atoms. The minimum absolute atomic E-state index is 0.0591. The number of anilines is 1. The Morgan fingerprint density at radius 3 is 2.36 bits per heavy atom. The molecule has 0 saturated carbocycles. The molecule has 1 aliphatic heterocycles. The van der Waals surface area contributed by atoms with Crippen LogP contribution in [0, 0.1) is 6.92 Å². The molecule has 1 saturated heterocycles. The molecule has 2 heterocycles. The number of piperazine rings is 1. The molecule has 1 aromatic heterocycles. The maximum Gasteiger partial charge on any atom is 0.264 e. The zero-order chi connectivity index (χ0) is 24.9. The van der Waals surface area contributed by atoms with E-state index in [1.54, 1.807) is 19.2 Å². The van der Waals surface area contributed by atoms with Gasteiger partial charge in [0, 0.05) is 31.7 Å². The van der Waals surface area contributed by atoms with Gasteiger partial charge < -0.3 is 23.8 Å². The molecule has 0 unspecified atom stereocenters. The van der Waals surface area contributed by atoms with E-state index in [1.807, 2.05) is 72.5 Å². The van der Waals surface area contributed by atoms with Crippen molar-refractivity contribution in [3.8, 4) is 22.9 Å². The summed E-state index contributed by atoms with van der Waals surface area (Å²) in [5.74, 6) is 2.12. The Bertz CT molecular complexity index is 1330. The van der Waals surface area contributed by atoms with Crippen LogP contribution < -0.4 is 14.4 Å². The Balaban J connectivity index is 1.23. The lowest BCUT2D eigenvalue weighted by Gasteiger charge is -2.36. The summed E-state index contributed by atoms with van der Waals surface area (Å²) in [6, 6.07) is 23.1. The largest absolute Gasteiger partial charge is 0.495 e. The molecule has 184 valence electrons. The Morgan fingerprint density at radius 1 is 0.917 bits per heavy atom. The van der Waals surface area contributed by atoms with Crippen LogP contribution >= 0.6 is 0 Å². The second-order valence-electron chi connectivity index (χ2n) is 8.61. The van der Waals surface area contributed by atoms with Crippen LogP contribution in [0.1, 0.15) is 21.8 Å². The van der Waals surface area contributed by atoms with Crippen LogP contribution in [-0.2, 0) is 6.61 Å². The predicted molar refractivity (Wildman–Crippen MR) is 136 cm³/mol. The molecule has 5 rings (SSSR count). The first kappa shape index (κ1) is 23.4. The Morgan fingerprint density at radius 2 is 1.61 bits per heavy atom. The van der Waals surface area contributed by atoms with Crippen molar-refractivity contribution in [3.05, 3.63) is 89.8 Å². The van der Waals surface area contributed by atoms with Gasteiger partial charge in [-0.25, -0.2) is 0 Å². The van der Waals surface area contributed by atoms with Crippen molar-refractivity contribution in [2.75, 3.05) is 38.2 Å². The van der Waals surface area contributed by atoms with Crippen LogP contribution in [0.15, 0.2) is 77.3 Å². The lowest BCUT2D eigenvalue weighted by Crippen LogP contribution is -2.49. The van der Waals surface area contributed by atoms with Gasteiger partial charge in [0.25, 0.3) is 11.8 Å². The molecule has 3 aromatic carbocycles. The highest BCUT2D eigenvalue weighted by Gasteiger charge is 2.25. The number of aryl methyl sites for hydroxylation is 1. The Kier molecular flexibility index (Phi) is 6.84. The topological polar surface area (TPSA) is 80.9 Å². The van der Waals surface area contributed by atoms with E-state index in [0.717, 1.165) is 35.7 Å². The highest BCUT2D eigenvalue weighted by molar-refractivity contribution is 5.97. The number of aromatic nitrogens is 2. The van der Waals surface area contributed by atoms with Gasteiger partial charge in [0.05, 0.1) is 18.4 Å². The molecule has 0 spiro atoms. The van der Waals surface area contributed by atoms with Gasteiger partial charge in [0.2, 0.25) is 5.82 Å². The van der Waals surface area contributed by atoms with Gasteiger partial charge in [-0.15, -0.1) is 0 Å². The summed E-state index contributed by atoms with van der Waals surface area (Å²) in [6.45, 7) is 4.75. The number of para-hydroxylation sites is 3. The molecular weight excluding hydrogens is 456 g/mol. The van der Waals surface area contributed by atoms with Gasteiger partial charge in [-0.05, 0) is 31.2 Å². The van der Waals surface area contributed by atoms with Crippen molar-refractivity contribution in [3.63, 3.8) is 0 Å². The lowest BCUT2D eigenvalue weighted by atomic mass is 10.1. The Labute approximate surface area is 210 Å². The van der Waals surface area contributed by atoms with E-state index in [-0.39, 0.29) is 12.5 Å². The van der Waals surface area contributed by atoms with Crippen LogP contribution in [-0.4, -0.2) is 54.2 Å². The standard InChI is InChI=1S/C28H28N4O4/c1-20-11-13-21(14-12-20)27-29-26(36-30-27)19-35-24-9-5-3-7-22(24)28(33)32-17-15-31(16-18-32)23-8-4-6-10-25(23)34-2/h3-14H,15-19H2,1-2H3. The second-order valence-corrected chi connectivity index (χ2v) is 8.61. The Hall–Kier alpha value is -4.33. The van der Waals surface area contributed by atoms with Gasteiger partial charge in [-0.3, -0.25) is 4.79 Å². The number of hydrogen-bond donors (Lipinski definition) is 0. The quantitative estimate of drug-likeness (QED) is 0.379. The normalized spacial score (nSPS) is 13.5. The van der Waals surface area contributed by atoms with Crippen molar-refractivity contribution in [1.82, 2.24) is 15.0 Å². The molecule has 4 aromatic rings. The van der Waals surface area contributed by atoms with Crippen molar-refractivity contribution < 1.29 is 18.8 Å². The van der Waals surface area contributed by atoms with Crippen molar-refractivity contribution >= 4 is 11.6 Å². The first-order valence-electron chi connectivity index (χ1n) is 11.9. The first-order chi connectivity index (χ1) is 17.6. The van der Waals surface area contributed by atoms with Crippen molar-refractivity contribution in [2.45, 2.75) is 13.5 Å². The highest BCUT2D eigenvalue weighted by atomic mass is 16.5. The molecule has 0 radical (unpaired) electrons. The van der Waals surface area contributed by atoms with Gasteiger partial charge in [-0.2, -0.15) is 4.98 Å². The zero-order valence-electron chi connectivity index (χ0n) is 20.4. The number of benzene rings is 3. The van der Waals surface area contributed by atoms with Crippen LogP contribution in [0.4, 0.5) is 5.69 Å². The minimum atomic E-state index is -0.0591. The van der Waals surface area contributed by atoms with E-state index in [2.05, 4.69) is 15.0 Å². The summed E-state index contributed by atoms with van der Waals surface area (Å²) in [6.07, 6.45) is 0. The second kappa shape index (κ2) is 10.5. The number of rotatable bonds is 7. The average Bonchev–Trinajstić information content (AvgIpc) is 3.41. The smallest absolute Gasteiger partial charge is 0.264 e. The fourth-order valence-corrected chi connectivity index (χ4v) is 4.25. The number of ether oxygens (including phenoxy) is 2. The third-order valence-electron chi connectivity index (χ3n) is 6.24. The van der Waals surface area contributed by atoms with E-state index < -0.39 is 0 Å². The predicted octanol–water partition coefficient (Wildman–Crippen LogP) is 4.60. The van der Waals surface area contributed by atoms with Gasteiger partial charge >= 0.3 is 0 Å². The third kappa shape index (κ3) is 5.02. The maximum absolute atomic E-state index is 13.4. The van der Waals surface area contributed by atoms with Gasteiger partial charge in [-0.1, -0.05) is 59.3 Å². The number of carbonyl (C=O) groups is 1. The molecule has 8 nitrogen and oxygen atoms in total.